The van der Waals surface area contributed by atoms with Crippen LogP contribution in [0.4, 0.5) is 0 Å². The predicted octanol–water partition coefficient (Wildman–Crippen LogP) is 4.27. The quantitative estimate of drug-likeness (QED) is 0.461. The topological polar surface area (TPSA) is 88.6 Å². The van der Waals surface area contributed by atoms with Crippen molar-refractivity contribution in [1.82, 2.24) is 14.5 Å². The maximum Gasteiger partial charge on any atom is 0.250 e. The lowest BCUT2D eigenvalue weighted by Crippen LogP contribution is -2.46. The Morgan fingerprint density at radius 2 is 2.09 bits per heavy atom. The van der Waals surface area contributed by atoms with Gasteiger partial charge in [-0.1, -0.05) is 13.0 Å². The molecule has 0 amide bonds. The van der Waals surface area contributed by atoms with Crippen molar-refractivity contribution in [2.45, 2.75) is 45.7 Å². The fourth-order valence-electron chi connectivity index (χ4n) is 5.78. The van der Waals surface area contributed by atoms with Gasteiger partial charge in [0, 0.05) is 54.9 Å². The number of phenols is 1. The number of aromatic nitrogens is 2. The van der Waals surface area contributed by atoms with Crippen LogP contribution in [0.3, 0.4) is 0 Å². The molecule has 180 valence electrons. The number of thiazole rings is 1. The normalized spacial score (nSPS) is 19.7. The molecule has 2 aliphatic rings. The maximum atomic E-state index is 13.5. The van der Waals surface area contributed by atoms with Crippen molar-refractivity contribution in [2.75, 3.05) is 13.1 Å². The zero-order chi connectivity index (χ0) is 24.3. The van der Waals surface area contributed by atoms with Gasteiger partial charge in [-0.3, -0.25) is 14.5 Å². The summed E-state index contributed by atoms with van der Waals surface area (Å²) in [6, 6.07) is 7.29. The third kappa shape index (κ3) is 3.72. The number of hydrogen-bond donors (Lipinski definition) is 1. The van der Waals surface area contributed by atoms with Crippen LogP contribution < -0.4 is 11.0 Å². The van der Waals surface area contributed by atoms with E-state index >= 15 is 0 Å². The highest BCUT2D eigenvalue weighted by Crippen LogP contribution is 2.38. The van der Waals surface area contributed by atoms with Gasteiger partial charge in [0.2, 0.25) is 5.43 Å². The Balaban J connectivity index is 1.40. The largest absolute Gasteiger partial charge is 0.507 e. The summed E-state index contributed by atoms with van der Waals surface area (Å²) in [4.78, 5) is 32.6. The monoisotopic (exact) mass is 489 g/mol. The maximum absolute atomic E-state index is 13.5. The van der Waals surface area contributed by atoms with Crippen LogP contribution in [0, 0.1) is 12.8 Å². The van der Waals surface area contributed by atoms with E-state index in [-0.39, 0.29) is 22.7 Å². The summed E-state index contributed by atoms with van der Waals surface area (Å²) in [5.74, 6) is 0.843. The lowest BCUT2D eigenvalue weighted by Gasteiger charge is -2.42. The Hall–Kier alpha value is -3.23. The standard InChI is InChI=1S/C27H27N3O4S/c1-3-17-8-19-25(33)21(27-28-15(2)14-35-27)13-34-26(19)20(24(17)32)12-29-9-16-7-18(11-29)22-5-4-6-23(31)30(22)10-16/h4-6,8,13-14,16,18,32H,3,7,9-12H2,1-2H3. The molecular formula is C27H27N3O4S. The van der Waals surface area contributed by atoms with Crippen molar-refractivity contribution < 1.29 is 9.52 Å². The van der Waals surface area contributed by atoms with Gasteiger partial charge in [-0.25, -0.2) is 4.98 Å². The number of aromatic hydroxyl groups is 1. The first-order chi connectivity index (χ1) is 16.9. The van der Waals surface area contributed by atoms with Crippen molar-refractivity contribution in [2.24, 2.45) is 5.92 Å². The number of pyridine rings is 1. The van der Waals surface area contributed by atoms with Crippen LogP contribution in [0.1, 0.15) is 41.8 Å². The Morgan fingerprint density at radius 1 is 1.23 bits per heavy atom. The molecule has 0 saturated carbocycles. The number of fused-ring (bicyclic) bond motifs is 5. The van der Waals surface area contributed by atoms with E-state index in [0.29, 0.717) is 46.0 Å². The average Bonchev–Trinajstić information content (AvgIpc) is 3.27. The number of rotatable bonds is 4. The Labute approximate surface area is 206 Å². The zero-order valence-electron chi connectivity index (χ0n) is 19.8. The number of benzene rings is 1. The SMILES string of the molecule is CCc1cc2c(=O)c(-c3nc(C)cs3)coc2c(CN2CC3CC(C2)c2cccc(=O)n2C3)c1O. The van der Waals surface area contributed by atoms with E-state index in [9.17, 15) is 14.7 Å². The van der Waals surface area contributed by atoms with Gasteiger partial charge < -0.3 is 14.1 Å². The van der Waals surface area contributed by atoms with E-state index in [1.54, 1.807) is 12.1 Å². The summed E-state index contributed by atoms with van der Waals surface area (Å²) >= 11 is 1.42. The number of aryl methyl sites for hydroxylation is 2. The van der Waals surface area contributed by atoms with E-state index in [2.05, 4.69) is 16.0 Å². The molecule has 0 spiro atoms. The van der Waals surface area contributed by atoms with Gasteiger partial charge in [0.15, 0.2) is 0 Å². The molecule has 2 atom stereocenters. The third-order valence-electron chi connectivity index (χ3n) is 7.38. The van der Waals surface area contributed by atoms with Crippen molar-refractivity contribution in [3.05, 3.63) is 79.0 Å². The second kappa shape index (κ2) is 8.46. The van der Waals surface area contributed by atoms with E-state index in [1.807, 2.05) is 29.9 Å². The summed E-state index contributed by atoms with van der Waals surface area (Å²) in [6.07, 6.45) is 3.15. The number of nitrogens with zero attached hydrogens (tertiary/aromatic N) is 3. The molecule has 35 heavy (non-hydrogen) atoms. The molecule has 1 saturated heterocycles. The third-order valence-corrected chi connectivity index (χ3v) is 8.37. The highest BCUT2D eigenvalue weighted by atomic mass is 32.1. The Morgan fingerprint density at radius 3 is 2.86 bits per heavy atom. The molecule has 2 unspecified atom stereocenters. The minimum Gasteiger partial charge on any atom is -0.507 e. The van der Waals surface area contributed by atoms with Crippen molar-refractivity contribution >= 4 is 22.3 Å². The van der Waals surface area contributed by atoms with Gasteiger partial charge in [0.05, 0.1) is 16.5 Å². The number of piperidine rings is 1. The summed E-state index contributed by atoms with van der Waals surface area (Å²) in [7, 11) is 0. The number of hydrogen-bond acceptors (Lipinski definition) is 7. The molecule has 2 bridgehead atoms. The summed E-state index contributed by atoms with van der Waals surface area (Å²) < 4.78 is 7.96. The second-order valence-electron chi connectivity index (χ2n) is 9.76. The minimum absolute atomic E-state index is 0.0675. The van der Waals surface area contributed by atoms with E-state index < -0.39 is 0 Å². The fourth-order valence-corrected chi connectivity index (χ4v) is 6.58. The summed E-state index contributed by atoms with van der Waals surface area (Å²) in [5.41, 5.74) is 4.18. The van der Waals surface area contributed by atoms with E-state index in [1.165, 1.54) is 17.6 Å². The smallest absolute Gasteiger partial charge is 0.250 e. The molecule has 8 heteroatoms. The summed E-state index contributed by atoms with van der Waals surface area (Å²) in [6.45, 7) is 6.69. The first kappa shape index (κ1) is 22.2. The average molecular weight is 490 g/mol. The molecule has 0 aliphatic carbocycles. The first-order valence-corrected chi connectivity index (χ1v) is 12.9. The number of likely N-dealkylation sites (tertiary alicyclic amines) is 1. The van der Waals surface area contributed by atoms with E-state index in [0.717, 1.165) is 43.0 Å². The predicted molar refractivity (Wildman–Crippen MR) is 136 cm³/mol. The molecule has 3 aromatic heterocycles. The second-order valence-corrected chi connectivity index (χ2v) is 10.6. The van der Waals surface area contributed by atoms with Gasteiger partial charge in [-0.2, -0.15) is 0 Å². The molecule has 0 radical (unpaired) electrons. The highest BCUT2D eigenvalue weighted by Gasteiger charge is 2.35. The summed E-state index contributed by atoms with van der Waals surface area (Å²) in [5, 5.41) is 14.2. The zero-order valence-corrected chi connectivity index (χ0v) is 20.6. The molecule has 1 fully saturated rings. The van der Waals surface area contributed by atoms with Crippen LogP contribution in [-0.2, 0) is 19.5 Å². The molecule has 7 nitrogen and oxygen atoms in total. The number of phenolic OH excluding ortho intramolecular Hbond substituents is 1. The van der Waals surface area contributed by atoms with Gasteiger partial charge in [0.1, 0.15) is 22.6 Å². The molecule has 1 aromatic carbocycles. The van der Waals surface area contributed by atoms with Crippen molar-refractivity contribution in [1.29, 1.82) is 0 Å². The first-order valence-electron chi connectivity index (χ1n) is 12.1. The molecule has 4 aromatic rings. The Kier molecular flexibility index (Phi) is 5.38. The van der Waals surface area contributed by atoms with Crippen molar-refractivity contribution in [3.63, 3.8) is 0 Å². The van der Waals surface area contributed by atoms with Crippen LogP contribution in [0.15, 0.2) is 49.9 Å². The fraction of sp³-hybridized carbons (Fsp3) is 0.370. The van der Waals surface area contributed by atoms with Gasteiger partial charge in [-0.05, 0) is 43.4 Å². The minimum atomic E-state index is -0.125. The molecule has 5 heterocycles. The van der Waals surface area contributed by atoms with Crippen molar-refractivity contribution in [3.8, 4) is 16.3 Å². The molecule has 2 aliphatic heterocycles. The Bertz CT molecular complexity index is 1570. The van der Waals surface area contributed by atoms with Crippen LogP contribution in [0.2, 0.25) is 0 Å². The lowest BCUT2D eigenvalue weighted by molar-refractivity contribution is 0.113. The van der Waals surface area contributed by atoms with Gasteiger partial charge >= 0.3 is 0 Å². The molecule has 6 rings (SSSR count). The van der Waals surface area contributed by atoms with Crippen LogP contribution in [-0.4, -0.2) is 32.6 Å². The molecular weight excluding hydrogens is 462 g/mol. The van der Waals surface area contributed by atoms with Crippen LogP contribution in [0.5, 0.6) is 5.75 Å². The van der Waals surface area contributed by atoms with Gasteiger partial charge in [-0.15, -0.1) is 11.3 Å². The van der Waals surface area contributed by atoms with Crippen LogP contribution in [0.25, 0.3) is 21.5 Å². The molecule has 1 N–H and O–H groups in total. The van der Waals surface area contributed by atoms with E-state index in [4.69, 9.17) is 4.42 Å². The lowest BCUT2D eigenvalue weighted by atomic mass is 9.83. The van der Waals surface area contributed by atoms with Crippen LogP contribution >= 0.6 is 11.3 Å². The highest BCUT2D eigenvalue weighted by molar-refractivity contribution is 7.13. The van der Waals surface area contributed by atoms with Gasteiger partial charge in [0.25, 0.3) is 5.56 Å².